The molecule has 0 aliphatic carbocycles. The summed E-state index contributed by atoms with van der Waals surface area (Å²) in [4.78, 5) is 14.1. The lowest BCUT2D eigenvalue weighted by molar-refractivity contribution is 0.166. The molecule has 136 valence electrons. The van der Waals surface area contributed by atoms with E-state index in [1.165, 1.54) is 30.5 Å². The van der Waals surface area contributed by atoms with Crippen LogP contribution in [0.5, 0.6) is 0 Å². The molecule has 0 N–H and O–H groups in total. The van der Waals surface area contributed by atoms with Crippen LogP contribution < -0.4 is 4.90 Å². The Bertz CT molecular complexity index is 814. The highest BCUT2D eigenvalue weighted by Gasteiger charge is 2.41. The van der Waals surface area contributed by atoms with Gasteiger partial charge >= 0.3 is 0 Å². The topological polar surface area (TPSA) is 32.3 Å². The Labute approximate surface area is 151 Å². The maximum absolute atomic E-state index is 13.5. The largest absolute Gasteiger partial charge is 0.341 e. The molecule has 2 saturated heterocycles. The minimum atomic E-state index is -0.511. The number of hydrogen-bond acceptors (Lipinski definition) is 4. The van der Waals surface area contributed by atoms with Gasteiger partial charge in [-0.05, 0) is 43.4 Å². The molecule has 2 fully saturated rings. The average molecular weight is 356 g/mol. The zero-order chi connectivity index (χ0) is 17.7. The van der Waals surface area contributed by atoms with Crippen LogP contribution in [0.15, 0.2) is 24.4 Å². The third kappa shape index (κ3) is 2.76. The van der Waals surface area contributed by atoms with E-state index in [4.69, 9.17) is 4.98 Å². The molecule has 6 heteroatoms. The van der Waals surface area contributed by atoms with Crippen molar-refractivity contribution in [1.82, 2.24) is 14.9 Å². The third-order valence-corrected chi connectivity index (χ3v) is 5.99. The van der Waals surface area contributed by atoms with Crippen molar-refractivity contribution in [1.29, 1.82) is 0 Å². The Hall–Kier alpha value is -2.08. The van der Waals surface area contributed by atoms with Crippen LogP contribution in [0.4, 0.5) is 14.7 Å². The zero-order valence-electron chi connectivity index (χ0n) is 14.7. The first-order valence-electron chi connectivity index (χ1n) is 9.49. The van der Waals surface area contributed by atoms with Gasteiger partial charge in [0.15, 0.2) is 0 Å². The van der Waals surface area contributed by atoms with Crippen molar-refractivity contribution in [2.45, 2.75) is 50.7 Å². The van der Waals surface area contributed by atoms with Crippen LogP contribution >= 0.6 is 0 Å². The first-order chi connectivity index (χ1) is 12.7. The summed E-state index contributed by atoms with van der Waals surface area (Å²) in [6.45, 7) is 2.66. The van der Waals surface area contributed by atoms with Crippen molar-refractivity contribution in [3.63, 3.8) is 0 Å². The number of rotatable bonds is 3. The smallest absolute Gasteiger partial charge is 0.225 e. The second-order valence-corrected chi connectivity index (χ2v) is 7.67. The standard InChI is InChI=1S/C20H22F2N4/c21-14-7-13(8-15(22)9-14)12-26-16-3-4-19(26)17-11-23-20(24-18(17)10-16)25-5-1-2-6-25/h7-9,11,16,19H,1-6,10,12H2/t16-,19-/m0/s1. The molecule has 3 aliphatic heterocycles. The Morgan fingerprint density at radius 3 is 2.58 bits per heavy atom. The third-order valence-electron chi connectivity index (χ3n) is 5.99. The van der Waals surface area contributed by atoms with Crippen LogP contribution in [0, 0.1) is 11.6 Å². The first-order valence-corrected chi connectivity index (χ1v) is 9.49. The molecular formula is C20H22F2N4. The van der Waals surface area contributed by atoms with Gasteiger partial charge in [0, 0.05) is 56.0 Å². The van der Waals surface area contributed by atoms with Crippen LogP contribution in [0.1, 0.15) is 48.5 Å². The van der Waals surface area contributed by atoms with Gasteiger partial charge in [-0.2, -0.15) is 0 Å². The molecule has 4 heterocycles. The first kappa shape index (κ1) is 16.1. The molecule has 3 aliphatic rings. The molecule has 0 radical (unpaired) electrons. The molecule has 2 atom stereocenters. The van der Waals surface area contributed by atoms with E-state index >= 15 is 0 Å². The predicted octanol–water partition coefficient (Wildman–Crippen LogP) is 3.62. The van der Waals surface area contributed by atoms with Crippen LogP contribution in [-0.2, 0) is 13.0 Å². The predicted molar refractivity (Wildman–Crippen MR) is 94.8 cm³/mol. The van der Waals surface area contributed by atoms with Crippen molar-refractivity contribution >= 4 is 5.95 Å². The van der Waals surface area contributed by atoms with E-state index in [1.807, 2.05) is 6.20 Å². The summed E-state index contributed by atoms with van der Waals surface area (Å²) in [7, 11) is 0. The summed E-state index contributed by atoms with van der Waals surface area (Å²) in [6.07, 6.45) is 7.46. The lowest BCUT2D eigenvalue weighted by Crippen LogP contribution is -2.38. The number of benzene rings is 1. The van der Waals surface area contributed by atoms with Gasteiger partial charge in [0.25, 0.3) is 0 Å². The van der Waals surface area contributed by atoms with Gasteiger partial charge in [-0.1, -0.05) is 0 Å². The fourth-order valence-electron chi connectivity index (χ4n) is 4.79. The minimum Gasteiger partial charge on any atom is -0.341 e. The van der Waals surface area contributed by atoms with E-state index < -0.39 is 11.6 Å². The second-order valence-electron chi connectivity index (χ2n) is 7.67. The molecular weight excluding hydrogens is 334 g/mol. The van der Waals surface area contributed by atoms with E-state index in [0.717, 1.165) is 50.1 Å². The van der Waals surface area contributed by atoms with Crippen LogP contribution in [-0.4, -0.2) is 34.0 Å². The number of nitrogens with zero attached hydrogens (tertiary/aromatic N) is 4. The lowest BCUT2D eigenvalue weighted by Gasteiger charge is -2.36. The summed E-state index contributed by atoms with van der Waals surface area (Å²) in [6, 6.07) is 4.44. The molecule has 5 rings (SSSR count). The quantitative estimate of drug-likeness (QED) is 0.841. The molecule has 0 spiro atoms. The molecule has 0 amide bonds. The normalized spacial score (nSPS) is 24.9. The summed E-state index contributed by atoms with van der Waals surface area (Å²) in [5.41, 5.74) is 3.05. The minimum absolute atomic E-state index is 0.253. The van der Waals surface area contributed by atoms with Crippen molar-refractivity contribution in [2.75, 3.05) is 18.0 Å². The van der Waals surface area contributed by atoms with E-state index in [2.05, 4.69) is 14.8 Å². The fraction of sp³-hybridized carbons (Fsp3) is 0.500. The molecule has 0 unspecified atom stereocenters. The van der Waals surface area contributed by atoms with Crippen LogP contribution in [0.25, 0.3) is 0 Å². The van der Waals surface area contributed by atoms with E-state index in [9.17, 15) is 8.78 Å². The van der Waals surface area contributed by atoms with E-state index in [0.29, 0.717) is 18.2 Å². The SMILES string of the molecule is Fc1cc(F)cc(CN2[C@H]3CC[C@H]2c2cnc(N4CCCC4)nc2C3)c1. The number of anilines is 1. The summed E-state index contributed by atoms with van der Waals surface area (Å²) in [5.74, 6) is -0.159. The van der Waals surface area contributed by atoms with E-state index in [1.54, 1.807) is 0 Å². The van der Waals surface area contributed by atoms with Gasteiger partial charge in [0.1, 0.15) is 11.6 Å². The van der Waals surface area contributed by atoms with Crippen LogP contribution in [0.3, 0.4) is 0 Å². The van der Waals surface area contributed by atoms with Gasteiger partial charge in [-0.3, -0.25) is 4.90 Å². The van der Waals surface area contributed by atoms with E-state index in [-0.39, 0.29) is 6.04 Å². The van der Waals surface area contributed by atoms with Crippen molar-refractivity contribution < 1.29 is 8.78 Å². The molecule has 2 aromatic rings. The molecule has 26 heavy (non-hydrogen) atoms. The fourth-order valence-corrected chi connectivity index (χ4v) is 4.79. The number of hydrogen-bond donors (Lipinski definition) is 0. The summed E-state index contributed by atoms with van der Waals surface area (Å²) >= 11 is 0. The monoisotopic (exact) mass is 356 g/mol. The Morgan fingerprint density at radius 1 is 1.04 bits per heavy atom. The van der Waals surface area contributed by atoms with Gasteiger partial charge in [-0.25, -0.2) is 18.7 Å². The molecule has 4 nitrogen and oxygen atoms in total. The number of halogens is 2. The Morgan fingerprint density at radius 2 is 1.81 bits per heavy atom. The average Bonchev–Trinajstić information content (AvgIpc) is 3.22. The molecule has 0 saturated carbocycles. The zero-order valence-corrected chi connectivity index (χ0v) is 14.7. The van der Waals surface area contributed by atoms with Crippen molar-refractivity contribution in [3.8, 4) is 0 Å². The molecule has 1 aromatic heterocycles. The Balaban J connectivity index is 1.42. The maximum Gasteiger partial charge on any atom is 0.225 e. The highest BCUT2D eigenvalue weighted by molar-refractivity contribution is 5.38. The highest BCUT2D eigenvalue weighted by atomic mass is 19.1. The van der Waals surface area contributed by atoms with Crippen LogP contribution in [0.2, 0.25) is 0 Å². The number of aromatic nitrogens is 2. The van der Waals surface area contributed by atoms with Gasteiger partial charge < -0.3 is 4.90 Å². The second kappa shape index (κ2) is 6.27. The molecule has 2 bridgehead atoms. The van der Waals surface area contributed by atoms with Gasteiger partial charge in [0.2, 0.25) is 5.95 Å². The Kier molecular flexibility index (Phi) is 3.89. The highest BCUT2D eigenvalue weighted by Crippen LogP contribution is 2.44. The lowest BCUT2D eigenvalue weighted by atomic mass is 9.98. The van der Waals surface area contributed by atoms with Gasteiger partial charge in [-0.15, -0.1) is 0 Å². The molecule has 1 aromatic carbocycles. The van der Waals surface area contributed by atoms with Gasteiger partial charge in [0.05, 0.1) is 5.69 Å². The van der Waals surface area contributed by atoms with Crippen molar-refractivity contribution in [3.05, 3.63) is 52.9 Å². The summed E-state index contributed by atoms with van der Waals surface area (Å²) in [5, 5.41) is 0. The maximum atomic E-state index is 13.5. The number of fused-ring (bicyclic) bond motifs is 4. The summed E-state index contributed by atoms with van der Waals surface area (Å²) < 4.78 is 27.1. The van der Waals surface area contributed by atoms with Crippen molar-refractivity contribution in [2.24, 2.45) is 0 Å².